The predicted octanol–water partition coefficient (Wildman–Crippen LogP) is 2.93. The summed E-state index contributed by atoms with van der Waals surface area (Å²) in [6.07, 6.45) is -2.76. The highest BCUT2D eigenvalue weighted by Crippen LogP contribution is 2.33. The molecule has 0 saturated carbocycles. The van der Waals surface area contributed by atoms with Crippen LogP contribution in [-0.4, -0.2) is 12.1 Å². The van der Waals surface area contributed by atoms with Crippen molar-refractivity contribution in [3.8, 4) is 5.88 Å². The third kappa shape index (κ3) is 2.12. The quantitative estimate of drug-likeness (QED) is 0.759. The molecule has 0 atom stereocenters. The average Bonchev–Trinajstić information content (AvgIpc) is 2.08. The molecule has 0 radical (unpaired) electrons. The first-order valence-electron chi connectivity index (χ1n) is 3.24. The first-order chi connectivity index (χ1) is 6.06. The van der Waals surface area contributed by atoms with Gasteiger partial charge in [-0.15, -0.1) is 0 Å². The zero-order valence-electron chi connectivity index (χ0n) is 6.52. The van der Waals surface area contributed by atoms with Crippen LogP contribution < -0.4 is 4.74 Å². The fourth-order valence-corrected chi connectivity index (χ4v) is 1.33. The van der Waals surface area contributed by atoms with Crippen LogP contribution in [0, 0.1) is 5.95 Å². The standard InChI is InChI=1S/C7H5BrF3NO/c1-13-7-5(8)3(6(10)11)2-4(9)12-7/h2,6H,1H3. The summed E-state index contributed by atoms with van der Waals surface area (Å²) in [4.78, 5) is 3.27. The second-order valence-electron chi connectivity index (χ2n) is 2.16. The van der Waals surface area contributed by atoms with E-state index in [0.717, 1.165) is 0 Å². The minimum atomic E-state index is -2.76. The molecule has 0 spiro atoms. The van der Waals surface area contributed by atoms with Crippen LogP contribution in [0.1, 0.15) is 12.0 Å². The third-order valence-corrected chi connectivity index (χ3v) is 2.15. The van der Waals surface area contributed by atoms with Gasteiger partial charge in [0, 0.05) is 11.6 Å². The van der Waals surface area contributed by atoms with Crippen molar-refractivity contribution in [2.24, 2.45) is 0 Å². The molecule has 0 fully saturated rings. The Balaban J connectivity index is 3.27. The third-order valence-electron chi connectivity index (χ3n) is 1.35. The molecule has 6 heteroatoms. The lowest BCUT2D eigenvalue weighted by molar-refractivity contribution is 0.149. The number of halogens is 4. The molecule has 0 aliphatic carbocycles. The maximum absolute atomic E-state index is 12.6. The summed E-state index contributed by atoms with van der Waals surface area (Å²) < 4.78 is 41.7. The molecule has 1 rings (SSSR count). The summed E-state index contributed by atoms with van der Waals surface area (Å²) in [5, 5.41) is 0. The van der Waals surface area contributed by atoms with E-state index >= 15 is 0 Å². The number of hydrogen-bond acceptors (Lipinski definition) is 2. The van der Waals surface area contributed by atoms with Crippen molar-refractivity contribution in [2.75, 3.05) is 7.11 Å². The monoisotopic (exact) mass is 255 g/mol. The van der Waals surface area contributed by atoms with Crippen molar-refractivity contribution in [1.29, 1.82) is 0 Å². The van der Waals surface area contributed by atoms with Crippen molar-refractivity contribution in [3.05, 3.63) is 22.1 Å². The number of alkyl halides is 2. The Kier molecular flexibility index (Phi) is 3.13. The number of rotatable bonds is 2. The van der Waals surface area contributed by atoms with Crippen LogP contribution in [0.2, 0.25) is 0 Å². The largest absolute Gasteiger partial charge is 0.480 e. The van der Waals surface area contributed by atoms with Gasteiger partial charge in [0.25, 0.3) is 6.43 Å². The first-order valence-corrected chi connectivity index (χ1v) is 4.03. The van der Waals surface area contributed by atoms with Gasteiger partial charge in [-0.2, -0.15) is 9.37 Å². The molecular weight excluding hydrogens is 251 g/mol. The number of aromatic nitrogens is 1. The summed E-state index contributed by atoms with van der Waals surface area (Å²) in [5.74, 6) is -1.18. The normalized spacial score (nSPS) is 10.6. The predicted molar refractivity (Wildman–Crippen MR) is 43.4 cm³/mol. The molecule has 0 aliphatic heterocycles. The molecule has 2 nitrogen and oxygen atoms in total. The zero-order valence-corrected chi connectivity index (χ0v) is 8.11. The minimum Gasteiger partial charge on any atom is -0.480 e. The van der Waals surface area contributed by atoms with E-state index in [-0.39, 0.29) is 10.4 Å². The molecule has 0 aromatic carbocycles. The van der Waals surface area contributed by atoms with Crippen LogP contribution >= 0.6 is 15.9 Å². The summed E-state index contributed by atoms with van der Waals surface area (Å²) in [6.45, 7) is 0. The molecule has 0 saturated heterocycles. The molecule has 72 valence electrons. The van der Waals surface area contributed by atoms with Crippen molar-refractivity contribution in [2.45, 2.75) is 6.43 Å². The number of pyridine rings is 1. The molecular formula is C7H5BrF3NO. The van der Waals surface area contributed by atoms with Crippen molar-refractivity contribution < 1.29 is 17.9 Å². The number of hydrogen-bond donors (Lipinski definition) is 0. The molecule has 0 bridgehead atoms. The number of nitrogens with zero attached hydrogens (tertiary/aromatic N) is 1. The van der Waals surface area contributed by atoms with Gasteiger partial charge in [0.2, 0.25) is 11.8 Å². The summed E-state index contributed by atoms with van der Waals surface area (Å²) in [7, 11) is 1.22. The van der Waals surface area contributed by atoms with Crippen LogP contribution in [0.25, 0.3) is 0 Å². The fraction of sp³-hybridized carbons (Fsp3) is 0.286. The van der Waals surface area contributed by atoms with Crippen LogP contribution in [0.15, 0.2) is 10.5 Å². The lowest BCUT2D eigenvalue weighted by atomic mass is 10.3. The highest BCUT2D eigenvalue weighted by atomic mass is 79.9. The maximum Gasteiger partial charge on any atom is 0.265 e. The SMILES string of the molecule is COc1nc(F)cc(C(F)F)c1Br. The van der Waals surface area contributed by atoms with Gasteiger partial charge in [-0.25, -0.2) is 8.78 Å². The fourth-order valence-electron chi connectivity index (χ4n) is 0.788. The Morgan fingerprint density at radius 2 is 2.15 bits per heavy atom. The number of methoxy groups -OCH3 is 1. The van der Waals surface area contributed by atoms with Crippen LogP contribution in [0.4, 0.5) is 13.2 Å². The Hall–Kier alpha value is -0.780. The van der Waals surface area contributed by atoms with Crippen LogP contribution in [0.5, 0.6) is 5.88 Å². The van der Waals surface area contributed by atoms with Gasteiger partial charge >= 0.3 is 0 Å². The highest BCUT2D eigenvalue weighted by Gasteiger charge is 2.18. The van der Waals surface area contributed by atoms with Gasteiger partial charge in [0.05, 0.1) is 11.6 Å². The molecule has 1 heterocycles. The van der Waals surface area contributed by atoms with Crippen molar-refractivity contribution >= 4 is 15.9 Å². The Bertz CT molecular complexity index is 319. The molecule has 0 N–H and O–H groups in total. The molecule has 13 heavy (non-hydrogen) atoms. The lowest BCUT2D eigenvalue weighted by Crippen LogP contribution is -1.97. The van der Waals surface area contributed by atoms with Gasteiger partial charge in [-0.1, -0.05) is 0 Å². The molecule has 1 aromatic heterocycles. The summed E-state index contributed by atoms with van der Waals surface area (Å²) >= 11 is 2.84. The molecule has 0 unspecified atom stereocenters. The first kappa shape index (κ1) is 10.3. The topological polar surface area (TPSA) is 22.1 Å². The maximum atomic E-state index is 12.6. The van der Waals surface area contributed by atoms with E-state index < -0.39 is 17.9 Å². The van der Waals surface area contributed by atoms with Gasteiger partial charge in [-0.3, -0.25) is 0 Å². The Morgan fingerprint density at radius 1 is 1.54 bits per heavy atom. The number of ether oxygens (including phenoxy) is 1. The van der Waals surface area contributed by atoms with E-state index in [1.807, 2.05) is 0 Å². The van der Waals surface area contributed by atoms with Crippen molar-refractivity contribution in [1.82, 2.24) is 4.98 Å². The zero-order chi connectivity index (χ0) is 10.0. The van der Waals surface area contributed by atoms with E-state index in [9.17, 15) is 13.2 Å². The van der Waals surface area contributed by atoms with Gasteiger partial charge in [0.1, 0.15) is 0 Å². The van der Waals surface area contributed by atoms with E-state index in [4.69, 9.17) is 0 Å². The summed E-state index contributed by atoms with van der Waals surface area (Å²) in [6, 6.07) is 0.664. The summed E-state index contributed by atoms with van der Waals surface area (Å²) in [5.41, 5.74) is -0.468. The molecule has 0 aliphatic rings. The minimum absolute atomic E-state index is 0.0219. The highest BCUT2D eigenvalue weighted by molar-refractivity contribution is 9.10. The van der Waals surface area contributed by atoms with E-state index in [1.165, 1.54) is 7.11 Å². The second kappa shape index (κ2) is 3.95. The van der Waals surface area contributed by atoms with E-state index in [0.29, 0.717) is 6.07 Å². The van der Waals surface area contributed by atoms with E-state index in [2.05, 4.69) is 25.7 Å². The Morgan fingerprint density at radius 3 is 2.62 bits per heavy atom. The second-order valence-corrected chi connectivity index (χ2v) is 2.95. The smallest absolute Gasteiger partial charge is 0.265 e. The van der Waals surface area contributed by atoms with Crippen LogP contribution in [-0.2, 0) is 0 Å². The van der Waals surface area contributed by atoms with Gasteiger partial charge in [-0.05, 0) is 15.9 Å². The van der Waals surface area contributed by atoms with E-state index in [1.54, 1.807) is 0 Å². The van der Waals surface area contributed by atoms with Gasteiger partial charge in [0.15, 0.2) is 0 Å². The molecule has 1 aromatic rings. The Labute approximate surface area is 80.9 Å². The van der Waals surface area contributed by atoms with Crippen molar-refractivity contribution in [3.63, 3.8) is 0 Å². The average molecular weight is 256 g/mol. The van der Waals surface area contributed by atoms with Crippen LogP contribution in [0.3, 0.4) is 0 Å². The lowest BCUT2D eigenvalue weighted by Gasteiger charge is -2.06. The van der Waals surface area contributed by atoms with Gasteiger partial charge < -0.3 is 4.74 Å². The molecule has 0 amide bonds.